The van der Waals surface area contributed by atoms with E-state index in [1.54, 1.807) is 27.7 Å². The Hall–Kier alpha value is -1.89. The molecule has 2 N–H and O–H groups in total. The van der Waals surface area contributed by atoms with Crippen LogP contribution in [0.1, 0.15) is 28.9 Å². The summed E-state index contributed by atoms with van der Waals surface area (Å²) < 4.78 is 1.80. The van der Waals surface area contributed by atoms with Crippen molar-refractivity contribution in [3.05, 3.63) is 17.5 Å². The molecule has 0 radical (unpaired) electrons. The fraction of sp³-hybridized carbons (Fsp3) is 0.643. The second-order valence-corrected chi connectivity index (χ2v) is 5.40. The fourth-order valence-corrected chi connectivity index (χ4v) is 2.45. The Morgan fingerprint density at radius 2 is 2.19 bits per heavy atom. The minimum absolute atomic E-state index is 0.0194. The number of likely N-dealkylation sites (N-methyl/N-ethyl adjacent to an activating group) is 1. The van der Waals surface area contributed by atoms with E-state index in [1.807, 2.05) is 6.92 Å². The van der Waals surface area contributed by atoms with E-state index in [9.17, 15) is 9.59 Å². The van der Waals surface area contributed by atoms with Gasteiger partial charge in [0.25, 0.3) is 5.91 Å². The predicted molar refractivity (Wildman–Crippen MR) is 78.8 cm³/mol. The smallest absolute Gasteiger partial charge is 0.257 e. The lowest BCUT2D eigenvalue weighted by atomic mass is 10.2. The molecule has 2 heterocycles. The van der Waals surface area contributed by atoms with Crippen LogP contribution in [0.5, 0.6) is 0 Å². The zero-order valence-electron chi connectivity index (χ0n) is 12.7. The Kier molecular flexibility index (Phi) is 4.95. The number of rotatable bonds is 4. The number of aromatic nitrogens is 2. The highest BCUT2D eigenvalue weighted by molar-refractivity contribution is 5.97. The third-order valence-electron chi connectivity index (χ3n) is 3.87. The van der Waals surface area contributed by atoms with Gasteiger partial charge in [-0.2, -0.15) is 5.10 Å². The molecular weight excluding hydrogens is 270 g/mol. The molecule has 7 heteroatoms. The minimum Gasteiger partial charge on any atom is -0.344 e. The van der Waals surface area contributed by atoms with Gasteiger partial charge in [0.05, 0.1) is 11.8 Å². The first kappa shape index (κ1) is 15.5. The van der Waals surface area contributed by atoms with Crippen molar-refractivity contribution in [2.75, 3.05) is 33.2 Å². The summed E-state index contributed by atoms with van der Waals surface area (Å²) in [4.78, 5) is 27.8. The Bertz CT molecular complexity index is 525. The number of nitrogens with two attached hydrogens (primary N) is 1. The maximum atomic E-state index is 12.6. The van der Waals surface area contributed by atoms with Crippen LogP contribution in [-0.2, 0) is 11.3 Å². The minimum atomic E-state index is -0.116. The molecule has 0 aromatic carbocycles. The van der Waals surface area contributed by atoms with Gasteiger partial charge in [0.15, 0.2) is 0 Å². The number of hydrogen-bond acceptors (Lipinski definition) is 4. The molecule has 0 spiro atoms. The van der Waals surface area contributed by atoms with Gasteiger partial charge in [0, 0.05) is 32.4 Å². The SMILES string of the molecule is Cc1c(C(=O)N2CCCN(C)C(=O)C2)cnn1CCCN. The van der Waals surface area contributed by atoms with E-state index in [0.29, 0.717) is 31.7 Å². The van der Waals surface area contributed by atoms with Crippen molar-refractivity contribution in [2.24, 2.45) is 5.73 Å². The molecule has 1 saturated heterocycles. The maximum Gasteiger partial charge on any atom is 0.257 e. The predicted octanol–water partition coefficient (Wildman–Crippen LogP) is -0.155. The van der Waals surface area contributed by atoms with Crippen molar-refractivity contribution in [3.8, 4) is 0 Å². The Labute approximate surface area is 124 Å². The van der Waals surface area contributed by atoms with Gasteiger partial charge >= 0.3 is 0 Å². The number of hydrogen-bond donors (Lipinski definition) is 1. The molecule has 0 aliphatic carbocycles. The summed E-state index contributed by atoms with van der Waals surface area (Å²) in [6.45, 7) is 4.61. The monoisotopic (exact) mass is 293 g/mol. The van der Waals surface area contributed by atoms with Gasteiger partial charge in [0.1, 0.15) is 6.54 Å². The summed E-state index contributed by atoms with van der Waals surface area (Å²) in [5.74, 6) is -0.135. The summed E-state index contributed by atoms with van der Waals surface area (Å²) in [5, 5.41) is 4.24. The Morgan fingerprint density at radius 1 is 1.43 bits per heavy atom. The van der Waals surface area contributed by atoms with E-state index in [-0.39, 0.29) is 18.4 Å². The van der Waals surface area contributed by atoms with Crippen LogP contribution in [0, 0.1) is 6.92 Å². The van der Waals surface area contributed by atoms with Crippen LogP contribution in [0.4, 0.5) is 0 Å². The molecule has 0 unspecified atom stereocenters. The van der Waals surface area contributed by atoms with Crippen molar-refractivity contribution in [2.45, 2.75) is 26.3 Å². The highest BCUT2D eigenvalue weighted by Gasteiger charge is 2.25. The van der Waals surface area contributed by atoms with Gasteiger partial charge in [-0.15, -0.1) is 0 Å². The fourth-order valence-electron chi connectivity index (χ4n) is 2.45. The van der Waals surface area contributed by atoms with Crippen LogP contribution in [0.25, 0.3) is 0 Å². The van der Waals surface area contributed by atoms with Crippen LogP contribution < -0.4 is 5.73 Å². The summed E-state index contributed by atoms with van der Waals surface area (Å²) >= 11 is 0. The molecule has 1 aliphatic rings. The van der Waals surface area contributed by atoms with E-state index in [1.165, 1.54) is 0 Å². The van der Waals surface area contributed by atoms with E-state index in [4.69, 9.17) is 5.73 Å². The first-order chi connectivity index (χ1) is 10.0. The average molecular weight is 293 g/mol. The van der Waals surface area contributed by atoms with Crippen LogP contribution in [-0.4, -0.2) is 64.6 Å². The third kappa shape index (κ3) is 3.41. The highest BCUT2D eigenvalue weighted by atomic mass is 16.2. The summed E-state index contributed by atoms with van der Waals surface area (Å²) in [7, 11) is 1.77. The number of nitrogens with zero attached hydrogens (tertiary/aromatic N) is 4. The van der Waals surface area contributed by atoms with Crippen LogP contribution in [0.2, 0.25) is 0 Å². The zero-order chi connectivity index (χ0) is 15.4. The molecule has 2 amide bonds. The second-order valence-electron chi connectivity index (χ2n) is 5.40. The lowest BCUT2D eigenvalue weighted by molar-refractivity contribution is -0.129. The van der Waals surface area contributed by atoms with Gasteiger partial charge in [0.2, 0.25) is 5.91 Å². The number of carbonyl (C=O) groups excluding carboxylic acids is 2. The van der Waals surface area contributed by atoms with Crippen molar-refractivity contribution in [3.63, 3.8) is 0 Å². The van der Waals surface area contributed by atoms with Crippen LogP contribution >= 0.6 is 0 Å². The van der Waals surface area contributed by atoms with Gasteiger partial charge < -0.3 is 15.5 Å². The van der Waals surface area contributed by atoms with Gasteiger partial charge in [-0.05, 0) is 26.3 Å². The lowest BCUT2D eigenvalue weighted by Crippen LogP contribution is -2.38. The molecule has 1 aliphatic heterocycles. The Balaban J connectivity index is 2.12. The maximum absolute atomic E-state index is 12.6. The number of aryl methyl sites for hydroxylation is 1. The molecule has 21 heavy (non-hydrogen) atoms. The standard InChI is InChI=1S/C14H23N5O2/c1-11-12(9-16-19(11)8-3-5-15)14(21)18-7-4-6-17(2)13(20)10-18/h9H,3-8,10,15H2,1-2H3. The van der Waals surface area contributed by atoms with E-state index < -0.39 is 0 Å². The summed E-state index contributed by atoms with van der Waals surface area (Å²) in [5.41, 5.74) is 6.90. The molecule has 1 fully saturated rings. The molecule has 1 aromatic rings. The third-order valence-corrected chi connectivity index (χ3v) is 3.87. The van der Waals surface area contributed by atoms with Crippen molar-refractivity contribution in [1.29, 1.82) is 0 Å². The summed E-state index contributed by atoms with van der Waals surface area (Å²) in [6, 6.07) is 0. The van der Waals surface area contributed by atoms with Gasteiger partial charge in [-0.1, -0.05) is 0 Å². The lowest BCUT2D eigenvalue weighted by Gasteiger charge is -2.19. The van der Waals surface area contributed by atoms with E-state index >= 15 is 0 Å². The van der Waals surface area contributed by atoms with Gasteiger partial charge in [-0.25, -0.2) is 0 Å². The normalized spacial score (nSPS) is 16.2. The number of carbonyl (C=O) groups is 2. The van der Waals surface area contributed by atoms with E-state index in [2.05, 4.69) is 5.10 Å². The topological polar surface area (TPSA) is 84.5 Å². The van der Waals surface area contributed by atoms with Crippen molar-refractivity contribution < 1.29 is 9.59 Å². The van der Waals surface area contributed by atoms with Crippen molar-refractivity contribution in [1.82, 2.24) is 19.6 Å². The molecule has 116 valence electrons. The van der Waals surface area contributed by atoms with Gasteiger partial charge in [-0.3, -0.25) is 14.3 Å². The first-order valence-corrected chi connectivity index (χ1v) is 7.30. The highest BCUT2D eigenvalue weighted by Crippen LogP contribution is 2.13. The molecule has 7 nitrogen and oxygen atoms in total. The van der Waals surface area contributed by atoms with Crippen molar-refractivity contribution >= 4 is 11.8 Å². The Morgan fingerprint density at radius 3 is 2.90 bits per heavy atom. The first-order valence-electron chi connectivity index (χ1n) is 7.30. The summed E-state index contributed by atoms with van der Waals surface area (Å²) in [6.07, 6.45) is 3.21. The second kappa shape index (κ2) is 6.71. The molecular formula is C14H23N5O2. The average Bonchev–Trinajstić information content (AvgIpc) is 2.74. The molecule has 2 rings (SSSR count). The molecule has 0 atom stereocenters. The molecule has 1 aromatic heterocycles. The largest absolute Gasteiger partial charge is 0.344 e. The van der Waals surface area contributed by atoms with Crippen LogP contribution in [0.3, 0.4) is 0 Å². The number of amides is 2. The van der Waals surface area contributed by atoms with Crippen LogP contribution in [0.15, 0.2) is 6.20 Å². The quantitative estimate of drug-likeness (QED) is 0.836. The molecule has 0 bridgehead atoms. The zero-order valence-corrected chi connectivity index (χ0v) is 12.7. The molecule has 0 saturated carbocycles. The van der Waals surface area contributed by atoms with E-state index in [0.717, 1.165) is 18.5 Å².